The third-order valence-corrected chi connectivity index (χ3v) is 2.63. The van der Waals surface area contributed by atoms with Crippen molar-refractivity contribution in [2.75, 3.05) is 5.73 Å². The Morgan fingerprint density at radius 2 is 1.84 bits per heavy atom. The average molecular weight is 255 g/mol. The minimum atomic E-state index is -0.489. The van der Waals surface area contributed by atoms with Gasteiger partial charge in [-0.2, -0.15) is 0 Å². The van der Waals surface area contributed by atoms with E-state index in [1.54, 1.807) is 6.07 Å². The van der Waals surface area contributed by atoms with Crippen molar-refractivity contribution in [3.8, 4) is 17.1 Å². The van der Waals surface area contributed by atoms with E-state index >= 15 is 0 Å². The third kappa shape index (κ3) is 2.15. The van der Waals surface area contributed by atoms with E-state index in [9.17, 15) is 4.39 Å². The Morgan fingerprint density at radius 3 is 2.58 bits per heavy atom. The molecule has 5 nitrogen and oxygen atoms in total. The largest absolute Gasteiger partial charge is 0.399 e. The Kier molecular flexibility index (Phi) is 2.68. The van der Waals surface area contributed by atoms with Crippen molar-refractivity contribution >= 4 is 5.69 Å². The molecular formula is C13H10FN5. The first-order chi connectivity index (χ1) is 9.24. The van der Waals surface area contributed by atoms with Crippen molar-refractivity contribution in [3.63, 3.8) is 0 Å². The molecule has 0 aliphatic rings. The second kappa shape index (κ2) is 4.49. The predicted octanol–water partition coefficient (Wildman–Crippen LogP) is 2.05. The van der Waals surface area contributed by atoms with Gasteiger partial charge in [-0.3, -0.25) is 0 Å². The highest BCUT2D eigenvalue weighted by Crippen LogP contribution is 2.17. The zero-order valence-electron chi connectivity index (χ0n) is 9.86. The predicted molar refractivity (Wildman–Crippen MR) is 69.0 cm³/mol. The van der Waals surface area contributed by atoms with Crippen molar-refractivity contribution in [1.29, 1.82) is 0 Å². The van der Waals surface area contributed by atoms with Crippen LogP contribution in [-0.4, -0.2) is 20.2 Å². The lowest BCUT2D eigenvalue weighted by Gasteiger charge is -2.01. The van der Waals surface area contributed by atoms with Crippen LogP contribution in [0.25, 0.3) is 17.1 Å². The molecule has 0 radical (unpaired) electrons. The molecule has 1 heterocycles. The Labute approximate surface area is 108 Å². The van der Waals surface area contributed by atoms with Gasteiger partial charge in [0.05, 0.1) is 0 Å². The van der Waals surface area contributed by atoms with Crippen molar-refractivity contribution in [1.82, 2.24) is 20.2 Å². The van der Waals surface area contributed by atoms with Gasteiger partial charge in [0.1, 0.15) is 5.69 Å². The lowest BCUT2D eigenvalue weighted by atomic mass is 10.2. The molecule has 1 aromatic heterocycles. The molecule has 6 heteroatoms. The monoisotopic (exact) mass is 255 g/mol. The molecule has 3 aromatic rings. The maximum absolute atomic E-state index is 13.7. The van der Waals surface area contributed by atoms with Gasteiger partial charge in [0.25, 0.3) is 0 Å². The Bertz CT molecular complexity index is 708. The van der Waals surface area contributed by atoms with Crippen molar-refractivity contribution in [2.45, 2.75) is 0 Å². The first-order valence-electron chi connectivity index (χ1n) is 5.65. The first kappa shape index (κ1) is 11.3. The smallest absolute Gasteiger partial charge is 0.205 e. The lowest BCUT2D eigenvalue weighted by molar-refractivity contribution is 0.592. The van der Waals surface area contributed by atoms with Crippen molar-refractivity contribution < 1.29 is 4.39 Å². The molecule has 0 saturated heterocycles. The van der Waals surface area contributed by atoms with Crippen LogP contribution in [0.5, 0.6) is 0 Å². The van der Waals surface area contributed by atoms with Crippen LogP contribution in [0.3, 0.4) is 0 Å². The highest BCUT2D eigenvalue weighted by atomic mass is 19.1. The van der Waals surface area contributed by atoms with E-state index < -0.39 is 5.82 Å². The quantitative estimate of drug-likeness (QED) is 0.711. The van der Waals surface area contributed by atoms with E-state index in [-0.39, 0.29) is 5.69 Å². The molecule has 0 saturated carbocycles. The summed E-state index contributed by atoms with van der Waals surface area (Å²) in [5.74, 6) is -0.0474. The fraction of sp³-hybridized carbons (Fsp3) is 0. The number of tetrazole rings is 1. The van der Waals surface area contributed by atoms with Crippen LogP contribution in [-0.2, 0) is 0 Å². The van der Waals surface area contributed by atoms with Crippen molar-refractivity contribution in [3.05, 3.63) is 54.3 Å². The van der Waals surface area contributed by atoms with Crippen LogP contribution in [0.1, 0.15) is 0 Å². The minimum Gasteiger partial charge on any atom is -0.399 e. The average Bonchev–Trinajstić information content (AvgIpc) is 2.89. The summed E-state index contributed by atoms with van der Waals surface area (Å²) in [7, 11) is 0. The summed E-state index contributed by atoms with van der Waals surface area (Å²) in [6.45, 7) is 0. The molecule has 0 spiro atoms. The number of rotatable bonds is 2. The SMILES string of the molecule is Nc1ccc(-n2nnc(-c3ccccc3)n2)c(F)c1. The number of benzene rings is 2. The third-order valence-electron chi connectivity index (χ3n) is 2.63. The summed E-state index contributed by atoms with van der Waals surface area (Å²) in [4.78, 5) is 1.15. The van der Waals surface area contributed by atoms with Crippen LogP contribution < -0.4 is 5.73 Å². The maximum Gasteiger partial charge on any atom is 0.205 e. The van der Waals surface area contributed by atoms with E-state index in [0.29, 0.717) is 11.5 Å². The van der Waals surface area contributed by atoms with Crippen LogP contribution in [0, 0.1) is 5.82 Å². The van der Waals surface area contributed by atoms with Crippen LogP contribution in [0.15, 0.2) is 48.5 Å². The maximum atomic E-state index is 13.7. The van der Waals surface area contributed by atoms with E-state index in [4.69, 9.17) is 5.73 Å². The molecule has 94 valence electrons. The Balaban J connectivity index is 2.02. The summed E-state index contributed by atoms with van der Waals surface area (Å²) in [5, 5.41) is 11.9. The van der Waals surface area contributed by atoms with E-state index in [2.05, 4.69) is 15.4 Å². The molecule has 0 bridgehead atoms. The van der Waals surface area contributed by atoms with Gasteiger partial charge in [-0.15, -0.1) is 15.0 Å². The van der Waals surface area contributed by atoms with Gasteiger partial charge in [0.15, 0.2) is 5.82 Å². The van der Waals surface area contributed by atoms with Gasteiger partial charge in [-0.1, -0.05) is 30.3 Å². The summed E-state index contributed by atoms with van der Waals surface area (Å²) >= 11 is 0. The summed E-state index contributed by atoms with van der Waals surface area (Å²) in [5.41, 5.74) is 6.88. The van der Waals surface area contributed by atoms with Gasteiger partial charge >= 0.3 is 0 Å². The zero-order valence-corrected chi connectivity index (χ0v) is 9.86. The number of hydrogen-bond acceptors (Lipinski definition) is 4. The normalized spacial score (nSPS) is 10.6. The molecule has 0 fully saturated rings. The van der Waals surface area contributed by atoms with Crippen LogP contribution in [0.2, 0.25) is 0 Å². The number of anilines is 1. The molecule has 0 unspecified atom stereocenters. The standard InChI is InChI=1S/C13H10FN5/c14-11-8-10(15)6-7-12(11)19-17-13(16-18-19)9-4-2-1-3-5-9/h1-8H,15H2. The van der Waals surface area contributed by atoms with Gasteiger partial charge in [0, 0.05) is 11.3 Å². The van der Waals surface area contributed by atoms with Gasteiger partial charge in [-0.25, -0.2) is 4.39 Å². The number of nitrogen functional groups attached to an aromatic ring is 1. The van der Waals surface area contributed by atoms with E-state index in [1.165, 1.54) is 12.1 Å². The number of hydrogen-bond donors (Lipinski definition) is 1. The highest BCUT2D eigenvalue weighted by molar-refractivity contribution is 5.53. The second-order valence-electron chi connectivity index (χ2n) is 3.98. The minimum absolute atomic E-state index is 0.212. The first-order valence-corrected chi connectivity index (χ1v) is 5.65. The zero-order chi connectivity index (χ0) is 13.2. The molecule has 0 aliphatic carbocycles. The number of nitrogens with two attached hydrogens (primary N) is 1. The molecule has 2 N–H and O–H groups in total. The molecule has 19 heavy (non-hydrogen) atoms. The summed E-state index contributed by atoms with van der Waals surface area (Å²) in [6, 6.07) is 13.7. The molecule has 3 rings (SSSR count). The van der Waals surface area contributed by atoms with Gasteiger partial charge in [-0.05, 0) is 23.4 Å². The molecule has 0 aliphatic heterocycles. The highest BCUT2D eigenvalue weighted by Gasteiger charge is 2.10. The Morgan fingerprint density at radius 1 is 1.05 bits per heavy atom. The van der Waals surface area contributed by atoms with E-state index in [1.807, 2.05) is 30.3 Å². The number of aromatic nitrogens is 4. The van der Waals surface area contributed by atoms with Crippen LogP contribution in [0.4, 0.5) is 10.1 Å². The molecule has 0 atom stereocenters. The van der Waals surface area contributed by atoms with E-state index in [0.717, 1.165) is 10.4 Å². The molecular weight excluding hydrogens is 245 g/mol. The van der Waals surface area contributed by atoms with Crippen molar-refractivity contribution in [2.24, 2.45) is 0 Å². The second-order valence-corrected chi connectivity index (χ2v) is 3.98. The fourth-order valence-electron chi connectivity index (χ4n) is 1.70. The Hall–Kier alpha value is -2.76. The number of nitrogens with zero attached hydrogens (tertiary/aromatic N) is 4. The van der Waals surface area contributed by atoms with Gasteiger partial charge in [0.2, 0.25) is 5.82 Å². The van der Waals surface area contributed by atoms with Gasteiger partial charge < -0.3 is 5.73 Å². The number of halogens is 1. The van der Waals surface area contributed by atoms with Crippen LogP contribution >= 0.6 is 0 Å². The summed E-state index contributed by atoms with van der Waals surface area (Å²) < 4.78 is 13.7. The topological polar surface area (TPSA) is 69.6 Å². The fourth-order valence-corrected chi connectivity index (χ4v) is 1.70. The summed E-state index contributed by atoms with van der Waals surface area (Å²) in [6.07, 6.45) is 0. The molecule has 2 aromatic carbocycles. The lowest BCUT2D eigenvalue weighted by Crippen LogP contribution is -2.02. The molecule has 0 amide bonds.